The Kier molecular flexibility index (Phi) is 2.40. The highest BCUT2D eigenvalue weighted by molar-refractivity contribution is 7.19. The molecule has 3 atom stereocenters. The van der Waals surface area contributed by atoms with Crippen molar-refractivity contribution in [2.75, 3.05) is 13.6 Å². The average molecular weight is 271 g/mol. The van der Waals surface area contributed by atoms with Gasteiger partial charge in [-0.25, -0.2) is 0 Å². The van der Waals surface area contributed by atoms with Crippen molar-refractivity contribution in [2.24, 2.45) is 5.92 Å². The maximum atomic E-state index is 2.59. The molecule has 1 aliphatic carbocycles. The van der Waals surface area contributed by atoms with Crippen LogP contribution in [0, 0.1) is 5.92 Å². The number of likely N-dealkylation sites (tertiary alicyclic amines) is 1. The zero-order chi connectivity index (χ0) is 13.2. The van der Waals surface area contributed by atoms with E-state index < -0.39 is 0 Å². The van der Waals surface area contributed by atoms with Crippen LogP contribution in [0.3, 0.4) is 0 Å². The lowest BCUT2D eigenvalue weighted by Crippen LogP contribution is -2.56. The summed E-state index contributed by atoms with van der Waals surface area (Å²) >= 11 is 2.05. The number of nitrogens with zero attached hydrogens (tertiary/aromatic N) is 1. The van der Waals surface area contributed by atoms with Gasteiger partial charge in [-0.05, 0) is 49.4 Å². The normalized spacial score (nSPS) is 34.5. The Morgan fingerprint density at radius 3 is 2.95 bits per heavy atom. The first kappa shape index (κ1) is 11.9. The second-order valence-electron chi connectivity index (χ2n) is 6.61. The van der Waals surface area contributed by atoms with E-state index in [1.54, 1.807) is 10.4 Å². The molecule has 1 fully saturated rings. The summed E-state index contributed by atoms with van der Waals surface area (Å²) in [6, 6.07) is 9.70. The number of fused-ring (bicyclic) bond motifs is 6. The minimum Gasteiger partial charge on any atom is -0.303 e. The van der Waals surface area contributed by atoms with Gasteiger partial charge in [-0.2, -0.15) is 0 Å². The van der Waals surface area contributed by atoms with Crippen LogP contribution in [0.1, 0.15) is 30.7 Å². The van der Waals surface area contributed by atoms with Gasteiger partial charge in [0.2, 0.25) is 0 Å². The molecular formula is C17H21NS. The molecule has 2 bridgehead atoms. The molecule has 0 N–H and O–H groups in total. The third-order valence-electron chi connectivity index (χ3n) is 5.76. The fraction of sp³-hybridized carbons (Fsp3) is 0.529. The van der Waals surface area contributed by atoms with Gasteiger partial charge >= 0.3 is 0 Å². The molecule has 2 heteroatoms. The lowest BCUT2D eigenvalue weighted by molar-refractivity contribution is 0.0536. The first-order valence-electron chi connectivity index (χ1n) is 7.32. The first-order valence-corrected chi connectivity index (χ1v) is 8.14. The van der Waals surface area contributed by atoms with Gasteiger partial charge in [0.25, 0.3) is 0 Å². The van der Waals surface area contributed by atoms with Crippen LogP contribution in [0.25, 0.3) is 10.1 Å². The van der Waals surface area contributed by atoms with Gasteiger partial charge in [-0.1, -0.05) is 32.0 Å². The highest BCUT2D eigenvalue weighted by Crippen LogP contribution is 2.52. The Balaban J connectivity index is 2.00. The van der Waals surface area contributed by atoms with Gasteiger partial charge in [0, 0.05) is 21.0 Å². The summed E-state index contributed by atoms with van der Waals surface area (Å²) in [6.07, 6.45) is 2.55. The zero-order valence-electron chi connectivity index (χ0n) is 11.9. The van der Waals surface area contributed by atoms with E-state index in [2.05, 4.69) is 61.4 Å². The van der Waals surface area contributed by atoms with Crippen molar-refractivity contribution >= 4 is 21.4 Å². The molecule has 100 valence electrons. The second kappa shape index (κ2) is 3.83. The van der Waals surface area contributed by atoms with Crippen molar-refractivity contribution in [2.45, 2.75) is 38.1 Å². The van der Waals surface area contributed by atoms with Crippen LogP contribution < -0.4 is 0 Å². The summed E-state index contributed by atoms with van der Waals surface area (Å²) in [5.74, 6) is 0.770. The van der Waals surface area contributed by atoms with Crippen LogP contribution >= 0.6 is 11.3 Å². The van der Waals surface area contributed by atoms with E-state index in [4.69, 9.17) is 0 Å². The first-order chi connectivity index (χ1) is 9.11. The van der Waals surface area contributed by atoms with Gasteiger partial charge in [-0.15, -0.1) is 11.3 Å². The predicted octanol–water partition coefficient (Wildman–Crippen LogP) is 4.06. The number of rotatable bonds is 0. The van der Waals surface area contributed by atoms with E-state index >= 15 is 0 Å². The van der Waals surface area contributed by atoms with Crippen LogP contribution in [0.4, 0.5) is 0 Å². The van der Waals surface area contributed by atoms with Crippen LogP contribution in [0.2, 0.25) is 0 Å². The fourth-order valence-corrected chi connectivity index (χ4v) is 5.74. The molecule has 1 saturated heterocycles. The van der Waals surface area contributed by atoms with E-state index in [-0.39, 0.29) is 0 Å². The van der Waals surface area contributed by atoms with Crippen molar-refractivity contribution in [3.05, 3.63) is 34.7 Å². The Hall–Kier alpha value is -0.860. The number of piperidine rings is 1. The Bertz CT molecular complexity index is 644. The van der Waals surface area contributed by atoms with Crippen molar-refractivity contribution in [3.8, 4) is 0 Å². The molecule has 2 aliphatic rings. The summed E-state index contributed by atoms with van der Waals surface area (Å²) in [5.41, 5.74) is 2.05. The third kappa shape index (κ3) is 1.45. The minimum absolute atomic E-state index is 0.397. The molecule has 0 spiro atoms. The van der Waals surface area contributed by atoms with E-state index in [0.29, 0.717) is 5.41 Å². The van der Waals surface area contributed by atoms with Crippen LogP contribution in [-0.4, -0.2) is 24.5 Å². The standard InChI is InChI=1S/C17H21NS/c1-11-14-10-13-12-6-4-5-7-15(12)19-16(13)17(11,2)8-9-18(14)3/h4-7,11,14H,8-10H2,1-3H3/t11-,14-,17+/m0/s1. The number of likely N-dealkylation sites (N-methyl/N-ethyl adjacent to an activating group) is 1. The van der Waals surface area contributed by atoms with Crippen LogP contribution in [-0.2, 0) is 11.8 Å². The maximum Gasteiger partial charge on any atom is 0.0348 e. The highest BCUT2D eigenvalue weighted by Gasteiger charge is 2.48. The molecule has 2 heterocycles. The van der Waals surface area contributed by atoms with E-state index in [9.17, 15) is 0 Å². The SMILES string of the molecule is C[C@H]1[C@@H]2Cc3c(sc4ccccc34)[C@]1(C)CCN2C. The lowest BCUT2D eigenvalue weighted by atomic mass is 9.62. The minimum atomic E-state index is 0.397. The number of hydrogen-bond donors (Lipinski definition) is 0. The summed E-state index contributed by atoms with van der Waals surface area (Å²) in [6.45, 7) is 6.22. The number of thiophene rings is 1. The highest BCUT2D eigenvalue weighted by atomic mass is 32.1. The monoisotopic (exact) mass is 271 g/mol. The fourth-order valence-electron chi connectivity index (χ4n) is 4.23. The van der Waals surface area contributed by atoms with Crippen LogP contribution in [0.15, 0.2) is 24.3 Å². The molecule has 4 rings (SSSR count). The molecule has 1 aromatic heterocycles. The molecule has 0 radical (unpaired) electrons. The molecule has 1 aromatic carbocycles. The summed E-state index contributed by atoms with van der Waals surface area (Å²) in [5, 5.41) is 1.51. The van der Waals surface area contributed by atoms with Crippen LogP contribution in [0.5, 0.6) is 0 Å². The summed E-state index contributed by atoms with van der Waals surface area (Å²) in [7, 11) is 2.31. The molecule has 0 unspecified atom stereocenters. The van der Waals surface area contributed by atoms with Gasteiger partial charge in [0.15, 0.2) is 0 Å². The molecule has 1 aliphatic heterocycles. The summed E-state index contributed by atoms with van der Waals surface area (Å²) < 4.78 is 1.48. The van der Waals surface area contributed by atoms with Gasteiger partial charge in [0.1, 0.15) is 0 Å². The van der Waals surface area contributed by atoms with E-state index in [0.717, 1.165) is 12.0 Å². The maximum absolute atomic E-state index is 2.59. The number of hydrogen-bond acceptors (Lipinski definition) is 2. The van der Waals surface area contributed by atoms with Gasteiger partial charge < -0.3 is 4.90 Å². The average Bonchev–Trinajstić information content (AvgIpc) is 2.78. The summed E-state index contributed by atoms with van der Waals surface area (Å²) in [4.78, 5) is 4.27. The molecule has 2 aromatic rings. The molecule has 0 saturated carbocycles. The van der Waals surface area contributed by atoms with E-state index in [1.165, 1.54) is 29.5 Å². The topological polar surface area (TPSA) is 3.24 Å². The molecule has 19 heavy (non-hydrogen) atoms. The lowest BCUT2D eigenvalue weighted by Gasteiger charge is -2.52. The van der Waals surface area contributed by atoms with Crippen molar-refractivity contribution in [1.29, 1.82) is 0 Å². The Labute approximate surface area is 119 Å². The zero-order valence-corrected chi connectivity index (χ0v) is 12.8. The third-order valence-corrected chi connectivity index (χ3v) is 7.26. The van der Waals surface area contributed by atoms with Gasteiger partial charge in [0.05, 0.1) is 0 Å². The van der Waals surface area contributed by atoms with E-state index in [1.807, 2.05) is 0 Å². The number of benzene rings is 1. The predicted molar refractivity (Wildman–Crippen MR) is 83.1 cm³/mol. The van der Waals surface area contributed by atoms with Crippen molar-refractivity contribution in [1.82, 2.24) is 4.90 Å². The Morgan fingerprint density at radius 2 is 2.11 bits per heavy atom. The van der Waals surface area contributed by atoms with Crippen molar-refractivity contribution < 1.29 is 0 Å². The molecule has 0 amide bonds. The largest absolute Gasteiger partial charge is 0.303 e. The van der Waals surface area contributed by atoms with Gasteiger partial charge in [-0.3, -0.25) is 0 Å². The Morgan fingerprint density at radius 1 is 1.32 bits per heavy atom. The second-order valence-corrected chi connectivity index (χ2v) is 7.67. The molecule has 1 nitrogen and oxygen atoms in total. The van der Waals surface area contributed by atoms with Crippen molar-refractivity contribution in [3.63, 3.8) is 0 Å². The smallest absolute Gasteiger partial charge is 0.0348 e. The quantitative estimate of drug-likeness (QED) is 0.698. The molecular weight excluding hydrogens is 250 g/mol.